The Morgan fingerprint density at radius 3 is 2.65 bits per heavy atom. The van der Waals surface area contributed by atoms with E-state index in [0.29, 0.717) is 12.6 Å². The lowest BCUT2D eigenvalue weighted by molar-refractivity contribution is 0.255. The standard InChI is InChI=1S/C16H31N5S.HI/c1-6-13(4)21(5)10-9-18-16(17-8-3)20-12-15-19-11-14(7-2)22-15;/h11,13H,6-10,12H2,1-5H3,(H2,17,18,20);1H. The topological polar surface area (TPSA) is 52.6 Å². The Morgan fingerprint density at radius 1 is 1.35 bits per heavy atom. The fourth-order valence-corrected chi connectivity index (χ4v) is 2.74. The van der Waals surface area contributed by atoms with Gasteiger partial charge in [-0.15, -0.1) is 35.3 Å². The van der Waals surface area contributed by atoms with Gasteiger partial charge in [0.05, 0.1) is 6.54 Å². The molecule has 1 aromatic heterocycles. The average molecular weight is 453 g/mol. The lowest BCUT2D eigenvalue weighted by Gasteiger charge is -2.23. The number of nitrogens with zero attached hydrogens (tertiary/aromatic N) is 3. The highest BCUT2D eigenvalue weighted by Gasteiger charge is 2.06. The van der Waals surface area contributed by atoms with Crippen LogP contribution in [0.1, 0.15) is 44.0 Å². The van der Waals surface area contributed by atoms with Crippen LogP contribution in [0.4, 0.5) is 0 Å². The van der Waals surface area contributed by atoms with Crippen LogP contribution in [0.2, 0.25) is 0 Å². The molecule has 0 bridgehead atoms. The summed E-state index contributed by atoms with van der Waals surface area (Å²) in [7, 11) is 2.17. The van der Waals surface area contributed by atoms with Gasteiger partial charge in [0, 0.05) is 36.8 Å². The van der Waals surface area contributed by atoms with E-state index >= 15 is 0 Å². The average Bonchev–Trinajstić information content (AvgIpc) is 2.99. The summed E-state index contributed by atoms with van der Waals surface area (Å²) in [6, 6.07) is 0.615. The van der Waals surface area contributed by atoms with Crippen molar-refractivity contribution in [1.29, 1.82) is 0 Å². The molecule has 0 saturated carbocycles. The van der Waals surface area contributed by atoms with Crippen LogP contribution < -0.4 is 10.6 Å². The van der Waals surface area contributed by atoms with Gasteiger partial charge in [-0.05, 0) is 33.7 Å². The Bertz CT molecular complexity index is 449. The van der Waals surface area contributed by atoms with E-state index in [1.165, 1.54) is 11.3 Å². The summed E-state index contributed by atoms with van der Waals surface area (Å²) in [6.07, 6.45) is 4.17. The first-order valence-electron chi connectivity index (χ1n) is 8.26. The molecule has 0 aliphatic carbocycles. The molecular weight excluding hydrogens is 421 g/mol. The van der Waals surface area contributed by atoms with Crippen molar-refractivity contribution in [2.24, 2.45) is 4.99 Å². The van der Waals surface area contributed by atoms with Gasteiger partial charge in [0.15, 0.2) is 5.96 Å². The zero-order chi connectivity index (χ0) is 16.4. The van der Waals surface area contributed by atoms with E-state index in [2.05, 4.69) is 60.3 Å². The van der Waals surface area contributed by atoms with Crippen molar-refractivity contribution in [2.75, 3.05) is 26.7 Å². The minimum atomic E-state index is 0. The first-order valence-corrected chi connectivity index (χ1v) is 9.08. The van der Waals surface area contributed by atoms with Gasteiger partial charge < -0.3 is 15.5 Å². The van der Waals surface area contributed by atoms with Crippen LogP contribution in [-0.2, 0) is 13.0 Å². The molecule has 23 heavy (non-hydrogen) atoms. The van der Waals surface area contributed by atoms with E-state index in [1.807, 2.05) is 6.20 Å². The van der Waals surface area contributed by atoms with Crippen molar-refractivity contribution >= 4 is 41.3 Å². The van der Waals surface area contributed by atoms with Crippen molar-refractivity contribution in [3.05, 3.63) is 16.1 Å². The Morgan fingerprint density at radius 2 is 2.09 bits per heavy atom. The lowest BCUT2D eigenvalue weighted by atomic mass is 10.2. The molecule has 0 spiro atoms. The summed E-state index contributed by atoms with van der Waals surface area (Å²) >= 11 is 1.75. The number of likely N-dealkylation sites (N-methyl/N-ethyl adjacent to an activating group) is 1. The molecule has 0 aliphatic rings. The number of nitrogens with one attached hydrogen (secondary N) is 2. The lowest BCUT2D eigenvalue weighted by Crippen LogP contribution is -2.42. The second-order valence-corrected chi connectivity index (χ2v) is 6.63. The van der Waals surface area contributed by atoms with E-state index in [9.17, 15) is 0 Å². The van der Waals surface area contributed by atoms with E-state index in [1.54, 1.807) is 11.3 Å². The monoisotopic (exact) mass is 453 g/mol. The molecule has 1 rings (SSSR count). The maximum Gasteiger partial charge on any atom is 0.191 e. The number of hydrogen-bond donors (Lipinski definition) is 2. The minimum Gasteiger partial charge on any atom is -0.357 e. The highest BCUT2D eigenvalue weighted by Crippen LogP contribution is 2.13. The molecule has 1 atom stereocenters. The van der Waals surface area contributed by atoms with Crippen molar-refractivity contribution < 1.29 is 0 Å². The number of aliphatic imine (C=N–C) groups is 1. The number of thiazole rings is 1. The third-order valence-corrected chi connectivity index (χ3v) is 4.89. The summed E-state index contributed by atoms with van der Waals surface area (Å²) in [6.45, 7) is 12.1. The minimum absolute atomic E-state index is 0. The Balaban J connectivity index is 0.00000484. The fraction of sp³-hybridized carbons (Fsp3) is 0.750. The Kier molecular flexibility index (Phi) is 12.7. The molecule has 0 aromatic carbocycles. The van der Waals surface area contributed by atoms with Crippen molar-refractivity contribution in [2.45, 2.75) is 53.1 Å². The van der Waals surface area contributed by atoms with Crippen LogP contribution in [0.25, 0.3) is 0 Å². The quantitative estimate of drug-likeness (QED) is 0.343. The molecule has 2 N–H and O–H groups in total. The third kappa shape index (κ3) is 8.85. The first kappa shape index (κ1) is 22.6. The smallest absolute Gasteiger partial charge is 0.191 e. The number of rotatable bonds is 9. The van der Waals surface area contributed by atoms with Gasteiger partial charge in [-0.1, -0.05) is 13.8 Å². The number of aryl methyl sites for hydroxylation is 1. The zero-order valence-corrected chi connectivity index (χ0v) is 18.2. The van der Waals surface area contributed by atoms with Gasteiger partial charge in [0.2, 0.25) is 0 Å². The molecule has 1 unspecified atom stereocenters. The van der Waals surface area contributed by atoms with Crippen LogP contribution in [0.5, 0.6) is 0 Å². The van der Waals surface area contributed by atoms with Gasteiger partial charge >= 0.3 is 0 Å². The highest BCUT2D eigenvalue weighted by molar-refractivity contribution is 14.0. The van der Waals surface area contributed by atoms with Gasteiger partial charge in [0.25, 0.3) is 0 Å². The van der Waals surface area contributed by atoms with Crippen LogP contribution in [-0.4, -0.2) is 48.6 Å². The summed E-state index contributed by atoms with van der Waals surface area (Å²) in [5, 5.41) is 7.76. The van der Waals surface area contributed by atoms with Crippen molar-refractivity contribution in [1.82, 2.24) is 20.5 Å². The zero-order valence-electron chi connectivity index (χ0n) is 15.1. The predicted octanol–water partition coefficient (Wildman–Crippen LogP) is 3.11. The fourth-order valence-electron chi connectivity index (χ4n) is 1.96. The Labute approximate surface area is 162 Å². The van der Waals surface area contributed by atoms with E-state index < -0.39 is 0 Å². The van der Waals surface area contributed by atoms with Crippen LogP contribution >= 0.6 is 35.3 Å². The number of halogens is 1. The SMILES string of the molecule is CCNC(=NCc1ncc(CC)s1)NCCN(C)C(C)CC.I. The molecule has 0 radical (unpaired) electrons. The highest BCUT2D eigenvalue weighted by atomic mass is 127. The number of hydrogen-bond acceptors (Lipinski definition) is 4. The molecule has 134 valence electrons. The maximum atomic E-state index is 4.62. The van der Waals surface area contributed by atoms with Crippen LogP contribution in [0.3, 0.4) is 0 Å². The van der Waals surface area contributed by atoms with E-state index in [-0.39, 0.29) is 24.0 Å². The first-order chi connectivity index (χ1) is 10.6. The molecular formula is C16H32IN5S. The van der Waals surface area contributed by atoms with Gasteiger partial charge in [-0.25, -0.2) is 9.98 Å². The second kappa shape index (κ2) is 12.9. The Hall–Kier alpha value is -0.410. The summed E-state index contributed by atoms with van der Waals surface area (Å²) in [5.41, 5.74) is 0. The summed E-state index contributed by atoms with van der Waals surface area (Å²) in [4.78, 5) is 12.7. The maximum absolute atomic E-state index is 4.62. The van der Waals surface area contributed by atoms with Crippen molar-refractivity contribution in [3.8, 4) is 0 Å². The molecule has 0 fully saturated rings. The predicted molar refractivity (Wildman–Crippen MR) is 112 cm³/mol. The third-order valence-electron chi connectivity index (χ3n) is 3.77. The van der Waals surface area contributed by atoms with Crippen LogP contribution in [0, 0.1) is 0 Å². The molecule has 1 aromatic rings. The summed E-state index contributed by atoms with van der Waals surface area (Å²) < 4.78 is 0. The number of aromatic nitrogens is 1. The normalized spacial score (nSPS) is 12.9. The van der Waals surface area contributed by atoms with Gasteiger partial charge in [-0.3, -0.25) is 0 Å². The van der Waals surface area contributed by atoms with Crippen molar-refractivity contribution in [3.63, 3.8) is 0 Å². The molecule has 1 heterocycles. The molecule has 5 nitrogen and oxygen atoms in total. The molecule has 0 amide bonds. The molecule has 0 saturated heterocycles. The second-order valence-electron chi connectivity index (χ2n) is 5.43. The number of guanidine groups is 1. The molecule has 0 aliphatic heterocycles. The summed E-state index contributed by atoms with van der Waals surface area (Å²) in [5.74, 6) is 0.869. The van der Waals surface area contributed by atoms with Gasteiger partial charge in [-0.2, -0.15) is 0 Å². The van der Waals surface area contributed by atoms with Gasteiger partial charge in [0.1, 0.15) is 5.01 Å². The molecule has 7 heteroatoms. The van der Waals surface area contributed by atoms with Crippen LogP contribution in [0.15, 0.2) is 11.2 Å². The largest absolute Gasteiger partial charge is 0.357 e. The van der Waals surface area contributed by atoms with E-state index in [4.69, 9.17) is 0 Å². The van der Waals surface area contributed by atoms with E-state index in [0.717, 1.165) is 37.0 Å².